The molecule has 0 aromatic rings. The lowest BCUT2D eigenvalue weighted by molar-refractivity contribution is 0.118. The van der Waals surface area contributed by atoms with Crippen LogP contribution in [0.3, 0.4) is 0 Å². The quantitative estimate of drug-likeness (QED) is 0.595. The predicted molar refractivity (Wildman–Crippen MR) is 85.3 cm³/mol. The second kappa shape index (κ2) is 7.48. The highest BCUT2D eigenvalue weighted by molar-refractivity contribution is 5.01. The minimum Gasteiger partial charge on any atom is -0.198 e. The van der Waals surface area contributed by atoms with Crippen molar-refractivity contribution in [2.45, 2.75) is 90.9 Å². The van der Waals surface area contributed by atoms with E-state index in [-0.39, 0.29) is 5.41 Å². The van der Waals surface area contributed by atoms with E-state index < -0.39 is 0 Å². The summed E-state index contributed by atoms with van der Waals surface area (Å²) < 4.78 is 0. The van der Waals surface area contributed by atoms with Gasteiger partial charge in [-0.25, -0.2) is 0 Å². The first-order valence-electron chi connectivity index (χ1n) is 9.14. The van der Waals surface area contributed by atoms with Gasteiger partial charge in [0.05, 0.1) is 11.5 Å². The molecule has 114 valence electrons. The fraction of sp³-hybridized carbons (Fsp3) is 0.947. The first-order valence-corrected chi connectivity index (χ1v) is 9.14. The van der Waals surface area contributed by atoms with Gasteiger partial charge in [0.15, 0.2) is 0 Å². The standard InChI is InChI=1S/C19H33N/c1-3-5-6-16-7-9-17(10-8-16)18-11-13-19(4-2,15-20)14-12-18/h16-18H,3-14H2,1-2H3. The van der Waals surface area contributed by atoms with Crippen LogP contribution in [-0.2, 0) is 0 Å². The van der Waals surface area contributed by atoms with Gasteiger partial charge in [-0.3, -0.25) is 0 Å². The Morgan fingerprint density at radius 2 is 1.55 bits per heavy atom. The Bertz CT molecular complexity index is 311. The van der Waals surface area contributed by atoms with E-state index in [0.29, 0.717) is 0 Å². The van der Waals surface area contributed by atoms with Crippen molar-refractivity contribution in [1.82, 2.24) is 0 Å². The molecule has 0 saturated heterocycles. The summed E-state index contributed by atoms with van der Waals surface area (Å²) in [5.41, 5.74) is 0.0365. The SMILES string of the molecule is CCCCC1CCC(C2CCC(C#N)(CC)CC2)CC1. The van der Waals surface area contributed by atoms with E-state index in [1.165, 1.54) is 70.6 Å². The van der Waals surface area contributed by atoms with E-state index >= 15 is 0 Å². The lowest BCUT2D eigenvalue weighted by atomic mass is 9.64. The number of unbranched alkanes of at least 4 members (excludes halogenated alkanes) is 1. The molecule has 0 unspecified atom stereocenters. The van der Waals surface area contributed by atoms with Crippen LogP contribution < -0.4 is 0 Å². The Balaban J connectivity index is 1.75. The average Bonchev–Trinajstić information content (AvgIpc) is 2.53. The minimum atomic E-state index is 0.0365. The summed E-state index contributed by atoms with van der Waals surface area (Å²) in [6.07, 6.45) is 16.2. The van der Waals surface area contributed by atoms with Crippen molar-refractivity contribution in [1.29, 1.82) is 5.26 Å². The van der Waals surface area contributed by atoms with E-state index in [2.05, 4.69) is 19.9 Å². The summed E-state index contributed by atoms with van der Waals surface area (Å²) in [5, 5.41) is 9.41. The van der Waals surface area contributed by atoms with Crippen molar-refractivity contribution in [2.75, 3.05) is 0 Å². The molecule has 0 N–H and O–H groups in total. The van der Waals surface area contributed by atoms with E-state index in [1.807, 2.05) is 0 Å². The molecule has 1 nitrogen and oxygen atoms in total. The molecule has 0 bridgehead atoms. The van der Waals surface area contributed by atoms with Crippen LogP contribution >= 0.6 is 0 Å². The summed E-state index contributed by atoms with van der Waals surface area (Å²) in [6, 6.07) is 2.62. The van der Waals surface area contributed by atoms with Crippen LogP contribution in [0.1, 0.15) is 90.9 Å². The van der Waals surface area contributed by atoms with Gasteiger partial charge in [0.1, 0.15) is 0 Å². The van der Waals surface area contributed by atoms with E-state index in [0.717, 1.165) is 24.2 Å². The summed E-state index contributed by atoms with van der Waals surface area (Å²) in [4.78, 5) is 0. The molecular formula is C19H33N. The molecule has 0 aromatic carbocycles. The van der Waals surface area contributed by atoms with Gasteiger partial charge in [-0.1, -0.05) is 46.0 Å². The van der Waals surface area contributed by atoms with Crippen molar-refractivity contribution in [2.24, 2.45) is 23.2 Å². The second-order valence-corrected chi connectivity index (χ2v) is 7.51. The van der Waals surface area contributed by atoms with Crippen LogP contribution in [0.15, 0.2) is 0 Å². The third kappa shape index (κ3) is 3.78. The van der Waals surface area contributed by atoms with Crippen molar-refractivity contribution in [3.05, 3.63) is 0 Å². The molecule has 0 aromatic heterocycles. The van der Waals surface area contributed by atoms with Gasteiger partial charge in [-0.15, -0.1) is 0 Å². The summed E-state index contributed by atoms with van der Waals surface area (Å²) in [6.45, 7) is 4.51. The average molecular weight is 275 g/mol. The predicted octanol–water partition coefficient (Wildman–Crippen LogP) is 6.09. The number of hydrogen-bond donors (Lipinski definition) is 0. The zero-order valence-electron chi connectivity index (χ0n) is 13.7. The highest BCUT2D eigenvalue weighted by atomic mass is 14.4. The molecule has 2 aliphatic rings. The van der Waals surface area contributed by atoms with E-state index in [9.17, 15) is 5.26 Å². The molecule has 0 spiro atoms. The normalized spacial score (nSPS) is 38.4. The highest BCUT2D eigenvalue weighted by Gasteiger charge is 2.37. The summed E-state index contributed by atoms with van der Waals surface area (Å²) in [5.74, 6) is 2.96. The summed E-state index contributed by atoms with van der Waals surface area (Å²) >= 11 is 0. The molecular weight excluding hydrogens is 242 g/mol. The van der Waals surface area contributed by atoms with Gasteiger partial charge >= 0.3 is 0 Å². The van der Waals surface area contributed by atoms with Gasteiger partial charge in [-0.05, 0) is 62.7 Å². The topological polar surface area (TPSA) is 23.8 Å². The maximum absolute atomic E-state index is 9.41. The molecule has 2 saturated carbocycles. The van der Waals surface area contributed by atoms with Crippen molar-refractivity contribution < 1.29 is 0 Å². The highest BCUT2D eigenvalue weighted by Crippen LogP contribution is 2.47. The smallest absolute Gasteiger partial charge is 0.0689 e. The van der Waals surface area contributed by atoms with Gasteiger partial charge in [-0.2, -0.15) is 5.26 Å². The van der Waals surface area contributed by atoms with Crippen LogP contribution in [0, 0.1) is 34.5 Å². The van der Waals surface area contributed by atoms with Gasteiger partial charge < -0.3 is 0 Å². The molecule has 0 amide bonds. The maximum Gasteiger partial charge on any atom is 0.0689 e. The molecule has 2 rings (SSSR count). The molecule has 0 radical (unpaired) electrons. The minimum absolute atomic E-state index is 0.0365. The van der Waals surface area contributed by atoms with Crippen molar-refractivity contribution >= 4 is 0 Å². The number of nitrogens with zero attached hydrogens (tertiary/aromatic N) is 1. The maximum atomic E-state index is 9.41. The van der Waals surface area contributed by atoms with Crippen LogP contribution in [-0.4, -0.2) is 0 Å². The molecule has 0 aliphatic heterocycles. The molecule has 20 heavy (non-hydrogen) atoms. The second-order valence-electron chi connectivity index (χ2n) is 7.51. The van der Waals surface area contributed by atoms with Crippen LogP contribution in [0.2, 0.25) is 0 Å². The zero-order chi connectivity index (χ0) is 14.4. The fourth-order valence-corrected chi connectivity index (χ4v) is 4.65. The first-order chi connectivity index (χ1) is 9.73. The van der Waals surface area contributed by atoms with Crippen LogP contribution in [0.25, 0.3) is 0 Å². The largest absolute Gasteiger partial charge is 0.198 e. The molecule has 0 atom stereocenters. The van der Waals surface area contributed by atoms with Crippen LogP contribution in [0.5, 0.6) is 0 Å². The van der Waals surface area contributed by atoms with Crippen LogP contribution in [0.4, 0.5) is 0 Å². The fourth-order valence-electron chi connectivity index (χ4n) is 4.65. The monoisotopic (exact) mass is 275 g/mol. The number of hydrogen-bond acceptors (Lipinski definition) is 1. The Labute approximate surface area is 126 Å². The number of rotatable bonds is 5. The lowest BCUT2D eigenvalue weighted by Crippen LogP contribution is -2.30. The lowest BCUT2D eigenvalue weighted by Gasteiger charge is -2.40. The third-order valence-electron chi connectivity index (χ3n) is 6.43. The Morgan fingerprint density at radius 3 is 2.05 bits per heavy atom. The molecule has 2 fully saturated rings. The third-order valence-corrected chi connectivity index (χ3v) is 6.43. The van der Waals surface area contributed by atoms with E-state index in [1.54, 1.807) is 0 Å². The molecule has 1 heteroatoms. The Morgan fingerprint density at radius 1 is 0.950 bits per heavy atom. The van der Waals surface area contributed by atoms with Gasteiger partial charge in [0.2, 0.25) is 0 Å². The van der Waals surface area contributed by atoms with Crippen molar-refractivity contribution in [3.8, 4) is 6.07 Å². The van der Waals surface area contributed by atoms with Gasteiger partial charge in [0.25, 0.3) is 0 Å². The Kier molecular flexibility index (Phi) is 5.94. The van der Waals surface area contributed by atoms with E-state index in [4.69, 9.17) is 0 Å². The van der Waals surface area contributed by atoms with Crippen molar-refractivity contribution in [3.63, 3.8) is 0 Å². The Hall–Kier alpha value is -0.510. The first kappa shape index (κ1) is 15.9. The van der Waals surface area contributed by atoms with Gasteiger partial charge in [0, 0.05) is 0 Å². The zero-order valence-corrected chi connectivity index (χ0v) is 13.7. The number of nitriles is 1. The molecule has 2 aliphatic carbocycles. The molecule has 0 heterocycles. The summed E-state index contributed by atoms with van der Waals surface area (Å²) in [7, 11) is 0.